The Morgan fingerprint density at radius 3 is 2.47 bits per heavy atom. The first-order valence-electron chi connectivity index (χ1n) is 10.6. The number of hydrogen-bond acceptors (Lipinski definition) is 4. The van der Waals surface area contributed by atoms with E-state index in [4.69, 9.17) is 0 Å². The minimum Gasteiger partial charge on any atom is -0.360 e. The lowest BCUT2D eigenvalue weighted by Crippen LogP contribution is -2.30. The van der Waals surface area contributed by atoms with Gasteiger partial charge in [-0.25, -0.2) is 0 Å². The summed E-state index contributed by atoms with van der Waals surface area (Å²) in [5.41, 5.74) is 4.82. The van der Waals surface area contributed by atoms with Crippen LogP contribution in [0.4, 0.5) is 0 Å². The summed E-state index contributed by atoms with van der Waals surface area (Å²) in [5.74, 6) is 0.817. The highest BCUT2D eigenvalue weighted by Crippen LogP contribution is 2.25. The third-order valence-electron chi connectivity index (χ3n) is 5.66. The van der Waals surface area contributed by atoms with Gasteiger partial charge in [-0.2, -0.15) is 0 Å². The molecule has 0 amide bonds. The molecule has 6 nitrogen and oxygen atoms in total. The maximum Gasteiger partial charge on any atom is 0.186 e. The largest absolute Gasteiger partial charge is 0.360 e. The Kier molecular flexibility index (Phi) is 5.59. The number of H-pyrrole nitrogens is 2. The van der Waals surface area contributed by atoms with Gasteiger partial charge < -0.3 is 15.3 Å². The zero-order chi connectivity index (χ0) is 21.8. The molecule has 0 fully saturated rings. The molecule has 2 heterocycles. The Morgan fingerprint density at radius 1 is 0.906 bits per heavy atom. The van der Waals surface area contributed by atoms with Crippen LogP contribution in [-0.4, -0.2) is 32.5 Å². The van der Waals surface area contributed by atoms with Crippen LogP contribution in [0.15, 0.2) is 91.4 Å². The highest BCUT2D eigenvalue weighted by atomic mass is 16.1. The Labute approximate surface area is 185 Å². The molecule has 0 aliphatic carbocycles. The van der Waals surface area contributed by atoms with Gasteiger partial charge in [-0.05, 0) is 23.6 Å². The number of nitrogens with zero attached hydrogens (tertiary/aromatic N) is 2. The maximum absolute atomic E-state index is 13.5. The number of hydrogen-bond donors (Lipinski definition) is 3. The second-order valence-corrected chi connectivity index (χ2v) is 7.69. The number of aromatic nitrogens is 4. The average Bonchev–Trinajstić information content (AvgIpc) is 3.53. The normalized spacial score (nSPS) is 12.1. The summed E-state index contributed by atoms with van der Waals surface area (Å²) in [6, 6.07) is 25.6. The van der Waals surface area contributed by atoms with Gasteiger partial charge in [0, 0.05) is 34.8 Å². The topological polar surface area (TPSA) is 86.5 Å². The molecular weight excluding hydrogens is 398 g/mol. The van der Waals surface area contributed by atoms with E-state index < -0.39 is 6.04 Å². The molecule has 3 aromatic carbocycles. The molecule has 0 spiro atoms. The molecule has 5 aromatic rings. The zero-order valence-corrected chi connectivity index (χ0v) is 17.5. The van der Waals surface area contributed by atoms with Crippen molar-refractivity contribution >= 4 is 16.7 Å². The molecule has 0 aliphatic heterocycles. The molecule has 0 unspecified atom stereocenters. The number of carbonyl (C=O) groups is 1. The van der Waals surface area contributed by atoms with E-state index in [-0.39, 0.29) is 5.78 Å². The summed E-state index contributed by atoms with van der Waals surface area (Å²) >= 11 is 0. The zero-order valence-electron chi connectivity index (χ0n) is 17.5. The van der Waals surface area contributed by atoms with E-state index in [0.717, 1.165) is 34.3 Å². The number of ketones is 1. The van der Waals surface area contributed by atoms with Crippen molar-refractivity contribution < 1.29 is 4.79 Å². The van der Waals surface area contributed by atoms with Gasteiger partial charge in [0.1, 0.15) is 6.33 Å². The van der Waals surface area contributed by atoms with Gasteiger partial charge in [-0.15, -0.1) is 10.2 Å². The summed E-state index contributed by atoms with van der Waals surface area (Å²) in [4.78, 5) is 19.8. The Hall–Kier alpha value is -4.03. The van der Waals surface area contributed by atoms with Crippen LogP contribution < -0.4 is 5.32 Å². The molecule has 0 radical (unpaired) electrons. The van der Waals surface area contributed by atoms with Crippen molar-refractivity contribution in [2.75, 3.05) is 6.54 Å². The van der Waals surface area contributed by atoms with E-state index in [2.05, 4.69) is 37.6 Å². The lowest BCUT2D eigenvalue weighted by atomic mass is 9.96. The van der Waals surface area contributed by atoms with Crippen LogP contribution in [0.5, 0.6) is 0 Å². The highest BCUT2D eigenvalue weighted by Gasteiger charge is 2.23. The second-order valence-electron chi connectivity index (χ2n) is 7.69. The summed E-state index contributed by atoms with van der Waals surface area (Å²) in [6.45, 7) is 0.676. The standard InChI is InChI=1S/C26H23N5O/c32-25(22-16-28-23-9-5-4-8-21(22)23)24(19-6-2-1-3-7-19)27-15-14-18-10-12-20(13-11-18)26-29-17-30-31-26/h1-13,16-17,24,27-28H,14-15H2,(H,29,30,31)/t24-/m0/s1. The molecule has 0 bridgehead atoms. The van der Waals surface area contributed by atoms with Gasteiger partial charge >= 0.3 is 0 Å². The summed E-state index contributed by atoms with van der Waals surface area (Å²) in [7, 11) is 0. The smallest absolute Gasteiger partial charge is 0.186 e. The van der Waals surface area contributed by atoms with E-state index in [1.54, 1.807) is 6.33 Å². The predicted octanol–water partition coefficient (Wildman–Crippen LogP) is 4.71. The minimum absolute atomic E-state index is 0.0642. The van der Waals surface area contributed by atoms with Crippen LogP contribution in [0, 0.1) is 0 Å². The van der Waals surface area contributed by atoms with Gasteiger partial charge in [0.2, 0.25) is 0 Å². The summed E-state index contributed by atoms with van der Waals surface area (Å²) in [6.07, 6.45) is 4.19. The van der Waals surface area contributed by atoms with E-state index >= 15 is 0 Å². The maximum atomic E-state index is 13.5. The number of rotatable bonds is 8. The molecule has 2 aromatic heterocycles. The fourth-order valence-corrected chi connectivity index (χ4v) is 3.97. The number of nitrogens with one attached hydrogen (secondary N) is 3. The SMILES string of the molecule is O=C(c1c[nH]c2ccccc12)[C@@H](NCCc1ccc(-c2nnc[nH]2)cc1)c1ccccc1. The fraction of sp³-hybridized carbons (Fsp3) is 0.115. The molecular formula is C26H23N5O. The predicted molar refractivity (Wildman–Crippen MR) is 125 cm³/mol. The van der Waals surface area contributed by atoms with Gasteiger partial charge in [-0.1, -0.05) is 72.8 Å². The van der Waals surface area contributed by atoms with Gasteiger partial charge in [0.05, 0.1) is 6.04 Å². The van der Waals surface area contributed by atoms with Crippen molar-refractivity contribution in [1.29, 1.82) is 0 Å². The Bertz CT molecular complexity index is 1310. The van der Waals surface area contributed by atoms with Gasteiger partial charge in [0.15, 0.2) is 11.6 Å². The highest BCUT2D eigenvalue weighted by molar-refractivity contribution is 6.10. The number of Topliss-reactive ketones (excluding diaryl/α,β-unsaturated/α-hetero) is 1. The van der Waals surface area contributed by atoms with Crippen LogP contribution in [-0.2, 0) is 6.42 Å². The van der Waals surface area contributed by atoms with Crippen molar-refractivity contribution in [3.63, 3.8) is 0 Å². The van der Waals surface area contributed by atoms with Crippen molar-refractivity contribution in [2.24, 2.45) is 0 Å². The van der Waals surface area contributed by atoms with Crippen LogP contribution in [0.2, 0.25) is 0 Å². The van der Waals surface area contributed by atoms with Crippen LogP contribution >= 0.6 is 0 Å². The quantitative estimate of drug-likeness (QED) is 0.317. The number of para-hydroxylation sites is 1. The third kappa shape index (κ3) is 4.08. The second kappa shape index (κ2) is 8.99. The van der Waals surface area contributed by atoms with Gasteiger partial charge in [0.25, 0.3) is 0 Å². The average molecular weight is 422 g/mol. The van der Waals surface area contributed by atoms with E-state index in [9.17, 15) is 4.79 Å². The molecule has 0 saturated carbocycles. The van der Waals surface area contributed by atoms with E-state index in [1.807, 2.05) is 72.9 Å². The third-order valence-corrected chi connectivity index (χ3v) is 5.66. The number of benzene rings is 3. The number of aromatic amines is 2. The molecule has 1 atom stereocenters. The van der Waals surface area contributed by atoms with Crippen molar-refractivity contribution in [1.82, 2.24) is 25.5 Å². The van der Waals surface area contributed by atoms with Crippen LogP contribution in [0.25, 0.3) is 22.3 Å². The number of fused-ring (bicyclic) bond motifs is 1. The van der Waals surface area contributed by atoms with Crippen molar-refractivity contribution in [3.8, 4) is 11.4 Å². The van der Waals surface area contributed by atoms with Crippen LogP contribution in [0.3, 0.4) is 0 Å². The van der Waals surface area contributed by atoms with E-state index in [0.29, 0.717) is 12.1 Å². The monoisotopic (exact) mass is 421 g/mol. The molecule has 158 valence electrons. The molecule has 0 saturated heterocycles. The van der Waals surface area contributed by atoms with Gasteiger partial charge in [-0.3, -0.25) is 4.79 Å². The molecule has 6 heteroatoms. The fourth-order valence-electron chi connectivity index (χ4n) is 3.97. The lowest BCUT2D eigenvalue weighted by molar-refractivity contribution is 0.0945. The molecule has 0 aliphatic rings. The first-order valence-corrected chi connectivity index (χ1v) is 10.6. The Balaban J connectivity index is 1.32. The lowest BCUT2D eigenvalue weighted by Gasteiger charge is -2.18. The Morgan fingerprint density at radius 2 is 1.69 bits per heavy atom. The summed E-state index contributed by atoms with van der Waals surface area (Å²) < 4.78 is 0. The minimum atomic E-state index is -0.413. The molecule has 5 rings (SSSR count). The number of carbonyl (C=O) groups excluding carboxylic acids is 1. The summed E-state index contributed by atoms with van der Waals surface area (Å²) in [5, 5.41) is 12.3. The van der Waals surface area contributed by atoms with Crippen LogP contribution in [0.1, 0.15) is 27.5 Å². The molecule has 3 N–H and O–H groups in total. The first-order chi connectivity index (χ1) is 15.8. The van der Waals surface area contributed by atoms with Crippen molar-refractivity contribution in [2.45, 2.75) is 12.5 Å². The van der Waals surface area contributed by atoms with E-state index in [1.165, 1.54) is 5.56 Å². The first kappa shape index (κ1) is 19.9. The molecule has 32 heavy (non-hydrogen) atoms. The van der Waals surface area contributed by atoms with Crippen molar-refractivity contribution in [3.05, 3.63) is 108 Å².